The number of hydrogen-bond donors (Lipinski definition) is 2. The summed E-state index contributed by atoms with van der Waals surface area (Å²) in [5.41, 5.74) is 12.2. The first-order valence-electron chi connectivity index (χ1n) is 25.4. The van der Waals surface area contributed by atoms with Crippen molar-refractivity contribution in [3.8, 4) is 16.4 Å². The Morgan fingerprint density at radius 3 is 2.34 bits per heavy atom. The second-order valence-electron chi connectivity index (χ2n) is 20.9. The van der Waals surface area contributed by atoms with Crippen LogP contribution in [0.3, 0.4) is 0 Å². The van der Waals surface area contributed by atoms with Crippen molar-refractivity contribution >= 4 is 17.6 Å². The predicted octanol–water partition coefficient (Wildman–Crippen LogP) is 10.0. The summed E-state index contributed by atoms with van der Waals surface area (Å²) in [4.78, 5) is 7.49. The van der Waals surface area contributed by atoms with Crippen molar-refractivity contribution in [1.29, 1.82) is 0 Å². The number of dihydropyridines is 1. The van der Waals surface area contributed by atoms with Crippen LogP contribution in [0.1, 0.15) is 117 Å². The minimum absolute atomic E-state index is 0. The Balaban J connectivity index is 0.000000788. The van der Waals surface area contributed by atoms with Crippen LogP contribution < -0.4 is 73.7 Å². The first-order chi connectivity index (χ1) is 31.6. The third-order valence-corrected chi connectivity index (χ3v) is 15.5. The molecule has 0 radical (unpaired) electrons. The molecule has 0 saturated carbocycles. The molecule has 0 bridgehead atoms. The summed E-state index contributed by atoms with van der Waals surface area (Å²) < 4.78 is 2.14. The molecular weight excluding hydrogens is 910 g/mol. The van der Waals surface area contributed by atoms with Crippen molar-refractivity contribution in [3.05, 3.63) is 133 Å². The van der Waals surface area contributed by atoms with Crippen molar-refractivity contribution in [3.63, 3.8) is 0 Å². The molecule has 2 fully saturated rings. The van der Waals surface area contributed by atoms with Gasteiger partial charge in [0.15, 0.2) is 0 Å². The summed E-state index contributed by atoms with van der Waals surface area (Å²) in [6, 6.07) is 17.2. The molecule has 8 heteroatoms. The van der Waals surface area contributed by atoms with E-state index in [4.69, 9.17) is 13.0 Å². The average Bonchev–Trinajstić information content (AvgIpc) is 3.89. The zero-order valence-electron chi connectivity index (χ0n) is 43.9. The minimum Gasteiger partial charge on any atom is -0.680 e. The predicted molar refractivity (Wildman–Crippen MR) is 289 cm³/mol. The van der Waals surface area contributed by atoms with Crippen LogP contribution in [0, 0.1) is 40.8 Å². The molecule has 360 valence electrons. The topological polar surface area (TPSA) is 37.0 Å². The molecule has 0 spiro atoms. The standard InChI is InChI=1S/C51H77N5.C8H10NS.Rb/c1-14-27-51(10,11)33-45-44-32-42(25-26-47(44)56(17-4)50(45)43-24-19-28-52-48(43)36(7)15-2)41-23-18-21-40(30-41)31-46(53-37(8)49(35(5)6)54(12)13)38(9)55-29-20-22-39(16-3)34-55;1-3-8-5-6-9(7-8)10-4-2;/h16,18-19,21,23-26,30,32,35-36,39,45-46,49-50,52-53H,3,8-9,14-15,17,20,22,27-29,31,33-34H2,1-2,4-7,10-13H3;3,8H,1,5-7H2;/q;-1;+1. The first kappa shape index (κ1) is 57.3. The van der Waals surface area contributed by atoms with Gasteiger partial charge < -0.3 is 31.8 Å². The summed E-state index contributed by atoms with van der Waals surface area (Å²) in [5.74, 6) is 2.47. The molecule has 6 rings (SSSR count). The smallest absolute Gasteiger partial charge is 0.680 e. The number of benzene rings is 2. The fourth-order valence-corrected chi connectivity index (χ4v) is 12.0. The Labute approximate surface area is 463 Å². The van der Waals surface area contributed by atoms with Crippen molar-refractivity contribution in [2.75, 3.05) is 58.3 Å². The van der Waals surface area contributed by atoms with E-state index in [-0.39, 0.29) is 75.7 Å². The van der Waals surface area contributed by atoms with Crippen LogP contribution >= 0.6 is 11.9 Å². The molecule has 2 saturated heterocycles. The average molecular weight is 998 g/mol. The normalized spacial score (nSPS) is 21.9. The van der Waals surface area contributed by atoms with Gasteiger partial charge in [0.2, 0.25) is 0 Å². The van der Waals surface area contributed by atoms with E-state index in [1.165, 1.54) is 83.3 Å². The molecule has 2 N–H and O–H groups in total. The molecule has 0 amide bonds. The third kappa shape index (κ3) is 15.1. The molecule has 4 aliphatic heterocycles. The Kier molecular flexibility index (Phi) is 23.4. The quantitative estimate of drug-likeness (QED) is 0.0559. The van der Waals surface area contributed by atoms with Gasteiger partial charge in [-0.3, -0.25) is 5.25 Å². The number of allylic oxidation sites excluding steroid dienone is 1. The molecule has 4 aliphatic rings. The van der Waals surface area contributed by atoms with E-state index in [9.17, 15) is 0 Å². The Hall–Kier alpha value is -2.28. The number of anilines is 1. The summed E-state index contributed by atoms with van der Waals surface area (Å²) >= 11 is 1.36. The summed E-state index contributed by atoms with van der Waals surface area (Å²) in [6.07, 6.45) is 24.8. The number of likely N-dealkylation sites (tertiary alicyclic amines) is 1. The molecule has 7 unspecified atom stereocenters. The van der Waals surface area contributed by atoms with Crippen LogP contribution in [0.15, 0.2) is 116 Å². The van der Waals surface area contributed by atoms with Gasteiger partial charge in [0.05, 0.1) is 18.1 Å². The maximum atomic E-state index is 6.74. The van der Waals surface area contributed by atoms with Crippen LogP contribution in [0.25, 0.3) is 11.1 Å². The maximum Gasteiger partial charge on any atom is 1.00 e. The molecular formula is C59H87N6RbS. The SMILES string of the molecule is C=CC1CCCN(C(=C)C(Cc2cccc(-c3ccc4c(c3)C(CC(C)(C)CCC)C(C3=C(C(C)CC)NCC=C3)N4CC)c2)NC(=C)C(C(C)C)N(C)C)C1.[C-]#CSN1CCC(C=C)C1.[Rb+]. The molecule has 7 atom stereocenters. The number of fused-ring (bicyclic) bond motifs is 1. The zero-order valence-corrected chi connectivity index (χ0v) is 49.6. The molecule has 0 aliphatic carbocycles. The number of hydrogen-bond acceptors (Lipinski definition) is 7. The molecule has 4 heterocycles. The molecule has 67 heavy (non-hydrogen) atoms. The van der Waals surface area contributed by atoms with Crippen molar-refractivity contribution in [2.24, 2.45) is 29.1 Å². The van der Waals surface area contributed by atoms with Gasteiger partial charge >= 0.3 is 58.2 Å². The molecule has 2 aromatic rings. The van der Waals surface area contributed by atoms with Gasteiger partial charge in [-0.05, 0) is 147 Å². The van der Waals surface area contributed by atoms with Gasteiger partial charge in [0.1, 0.15) is 0 Å². The zero-order chi connectivity index (χ0) is 48.1. The Bertz CT molecular complexity index is 2050. The fourth-order valence-electron chi connectivity index (χ4n) is 11.4. The number of nitrogens with zero attached hydrogens (tertiary/aromatic N) is 4. The van der Waals surface area contributed by atoms with E-state index in [1.54, 1.807) is 0 Å². The van der Waals surface area contributed by atoms with Gasteiger partial charge in [-0.25, -0.2) is 4.31 Å². The minimum atomic E-state index is 0. The number of rotatable bonds is 21. The second-order valence-corrected chi connectivity index (χ2v) is 21.8. The number of nitrogens with one attached hydrogen (secondary N) is 2. The van der Waals surface area contributed by atoms with Gasteiger partial charge in [0, 0.05) is 68.0 Å². The Morgan fingerprint density at radius 2 is 1.72 bits per heavy atom. The van der Waals surface area contributed by atoms with Gasteiger partial charge in [-0.15, -0.1) is 13.2 Å². The van der Waals surface area contributed by atoms with E-state index in [0.29, 0.717) is 35.6 Å². The molecule has 2 aromatic carbocycles. The number of likely N-dealkylation sites (N-methyl/N-ethyl adjacent to an activating group) is 2. The first-order valence-corrected chi connectivity index (χ1v) is 26.2. The summed E-state index contributed by atoms with van der Waals surface area (Å²) in [7, 11) is 4.31. The van der Waals surface area contributed by atoms with Gasteiger partial charge in [0.25, 0.3) is 0 Å². The summed E-state index contributed by atoms with van der Waals surface area (Å²) in [6.45, 7) is 42.2. The van der Waals surface area contributed by atoms with E-state index in [1.807, 2.05) is 6.08 Å². The monoisotopic (exact) mass is 997 g/mol. The largest absolute Gasteiger partial charge is 1.00 e. The van der Waals surface area contributed by atoms with Crippen LogP contribution in [0.2, 0.25) is 0 Å². The van der Waals surface area contributed by atoms with E-state index in [0.717, 1.165) is 69.9 Å². The van der Waals surface area contributed by atoms with Gasteiger partial charge in [-0.1, -0.05) is 123 Å². The van der Waals surface area contributed by atoms with E-state index < -0.39 is 0 Å². The van der Waals surface area contributed by atoms with Crippen molar-refractivity contribution < 1.29 is 58.2 Å². The number of piperidine rings is 1. The summed E-state index contributed by atoms with van der Waals surface area (Å²) in [5, 5.41) is 10.1. The van der Waals surface area contributed by atoms with Crippen LogP contribution in [-0.2, 0) is 6.42 Å². The third-order valence-electron chi connectivity index (χ3n) is 14.8. The second kappa shape index (κ2) is 27.4. The molecule has 0 aromatic heterocycles. The van der Waals surface area contributed by atoms with E-state index >= 15 is 0 Å². The Morgan fingerprint density at radius 1 is 1.00 bits per heavy atom. The maximum absolute atomic E-state index is 6.74. The van der Waals surface area contributed by atoms with E-state index in [2.05, 4.69) is 185 Å². The van der Waals surface area contributed by atoms with Gasteiger partial charge in [-0.2, -0.15) is 0 Å². The van der Waals surface area contributed by atoms with Crippen LogP contribution in [0.4, 0.5) is 5.69 Å². The molecule has 6 nitrogen and oxygen atoms in total. The van der Waals surface area contributed by atoms with Crippen molar-refractivity contribution in [2.45, 2.75) is 131 Å². The van der Waals surface area contributed by atoms with Crippen molar-refractivity contribution in [1.82, 2.24) is 24.7 Å². The fraction of sp³-hybridized carbons (Fsp3) is 0.559. The van der Waals surface area contributed by atoms with Crippen LogP contribution in [0.5, 0.6) is 0 Å². The van der Waals surface area contributed by atoms with Crippen LogP contribution in [-0.4, -0.2) is 85.6 Å².